The molecule has 1 aromatic heterocycles. The number of hydrogen-bond donors (Lipinski definition) is 1. The summed E-state index contributed by atoms with van der Waals surface area (Å²) < 4.78 is 10.4. The van der Waals surface area contributed by atoms with Crippen molar-refractivity contribution in [2.45, 2.75) is 44.8 Å². The van der Waals surface area contributed by atoms with Gasteiger partial charge in [0.15, 0.2) is 6.61 Å². The minimum Gasteiger partial charge on any atom is -0.452 e. The topological polar surface area (TPSA) is 101 Å². The van der Waals surface area contributed by atoms with Crippen molar-refractivity contribution in [3.8, 4) is 6.07 Å². The summed E-state index contributed by atoms with van der Waals surface area (Å²) >= 11 is 0. The molecule has 146 valence electrons. The monoisotopic (exact) mass is 381 g/mol. The molecule has 1 aliphatic carbocycles. The number of esters is 1. The lowest BCUT2D eigenvalue weighted by molar-refractivity contribution is -0.125. The van der Waals surface area contributed by atoms with E-state index < -0.39 is 24.0 Å². The first-order valence-electron chi connectivity index (χ1n) is 9.26. The number of aryl methyl sites for hydroxylation is 1. The van der Waals surface area contributed by atoms with Crippen LogP contribution in [0.1, 0.15) is 47.3 Å². The van der Waals surface area contributed by atoms with Crippen molar-refractivity contribution in [2.75, 3.05) is 13.7 Å². The lowest BCUT2D eigenvalue weighted by Crippen LogP contribution is -2.46. The normalized spacial score (nSPS) is 15.2. The van der Waals surface area contributed by atoms with Gasteiger partial charge in [0.2, 0.25) is 0 Å². The Balaban J connectivity index is 1.77. The number of methoxy groups -OCH3 is 1. The second-order valence-electron chi connectivity index (χ2n) is 7.03. The van der Waals surface area contributed by atoms with Gasteiger partial charge >= 0.3 is 5.97 Å². The molecule has 0 unspecified atom stereocenters. The molecule has 0 aliphatic heterocycles. The van der Waals surface area contributed by atoms with E-state index in [2.05, 4.69) is 16.4 Å². The molecule has 1 saturated carbocycles. The number of hydrogen-bond acceptors (Lipinski definition) is 6. The van der Waals surface area contributed by atoms with Crippen LogP contribution < -0.4 is 5.32 Å². The highest BCUT2D eigenvalue weighted by molar-refractivity contribution is 5.99. The maximum absolute atomic E-state index is 12.7. The molecule has 7 nitrogen and oxygen atoms in total. The van der Waals surface area contributed by atoms with Crippen LogP contribution in [0.15, 0.2) is 24.3 Å². The summed E-state index contributed by atoms with van der Waals surface area (Å²) in [5.41, 5.74) is 1.42. The molecule has 1 heterocycles. The van der Waals surface area contributed by atoms with Gasteiger partial charge < -0.3 is 14.8 Å². The van der Waals surface area contributed by atoms with Crippen molar-refractivity contribution in [3.05, 3.63) is 41.1 Å². The highest BCUT2D eigenvalue weighted by Gasteiger charge is 2.35. The highest BCUT2D eigenvalue weighted by Crippen LogP contribution is 2.29. The highest BCUT2D eigenvalue weighted by atomic mass is 16.5. The van der Waals surface area contributed by atoms with Gasteiger partial charge in [-0.05, 0) is 44.2 Å². The zero-order chi connectivity index (χ0) is 20.1. The third-order valence-electron chi connectivity index (χ3n) is 5.10. The molecule has 1 aliphatic rings. The van der Waals surface area contributed by atoms with Crippen LogP contribution >= 0.6 is 0 Å². The summed E-state index contributed by atoms with van der Waals surface area (Å²) in [5, 5.41) is 12.9. The van der Waals surface area contributed by atoms with Crippen molar-refractivity contribution in [1.29, 1.82) is 5.26 Å². The van der Waals surface area contributed by atoms with E-state index in [4.69, 9.17) is 9.47 Å². The number of carbonyl (C=O) groups is 2. The quantitative estimate of drug-likeness (QED) is 0.772. The standard InChI is InChI=1S/C21H23N3O4/c1-14-15-7-3-4-8-16(15)23-17(11-27-2)19(14)20(26)28-12-18(25)24-21(13-22)9-5-6-10-21/h3-4,7-8H,5-6,9-12H2,1-2H3,(H,24,25). The van der Waals surface area contributed by atoms with Gasteiger partial charge in [-0.15, -0.1) is 0 Å². The molecule has 1 amide bonds. The number of para-hydroxylation sites is 1. The fourth-order valence-electron chi connectivity index (χ4n) is 3.70. The average molecular weight is 381 g/mol. The van der Waals surface area contributed by atoms with Gasteiger partial charge in [0.25, 0.3) is 5.91 Å². The first-order valence-corrected chi connectivity index (χ1v) is 9.26. The van der Waals surface area contributed by atoms with Crippen LogP contribution in [0.3, 0.4) is 0 Å². The SMILES string of the molecule is COCc1nc2ccccc2c(C)c1C(=O)OCC(=O)NC1(C#N)CCCC1. The molecular weight excluding hydrogens is 358 g/mol. The number of nitriles is 1. The Morgan fingerprint density at radius 1 is 1.29 bits per heavy atom. The number of benzene rings is 1. The number of nitrogens with one attached hydrogen (secondary N) is 1. The van der Waals surface area contributed by atoms with Crippen LogP contribution in [-0.4, -0.2) is 36.1 Å². The molecule has 28 heavy (non-hydrogen) atoms. The van der Waals surface area contributed by atoms with Gasteiger partial charge in [-0.2, -0.15) is 5.26 Å². The maximum Gasteiger partial charge on any atom is 0.340 e. The third-order valence-corrected chi connectivity index (χ3v) is 5.10. The largest absolute Gasteiger partial charge is 0.452 e. The molecule has 0 bridgehead atoms. The molecule has 0 radical (unpaired) electrons. The van der Waals surface area contributed by atoms with E-state index in [-0.39, 0.29) is 6.61 Å². The number of aromatic nitrogens is 1. The van der Waals surface area contributed by atoms with Crippen LogP contribution in [0.25, 0.3) is 10.9 Å². The lowest BCUT2D eigenvalue weighted by Gasteiger charge is -2.22. The van der Waals surface area contributed by atoms with E-state index in [1.54, 1.807) is 0 Å². The summed E-state index contributed by atoms with van der Waals surface area (Å²) in [6, 6.07) is 9.69. The van der Waals surface area contributed by atoms with Crippen LogP contribution in [-0.2, 0) is 20.9 Å². The lowest BCUT2D eigenvalue weighted by atomic mass is 10.00. The fourth-order valence-corrected chi connectivity index (χ4v) is 3.70. The minimum absolute atomic E-state index is 0.153. The van der Waals surface area contributed by atoms with Gasteiger partial charge in [-0.1, -0.05) is 18.2 Å². The fraction of sp³-hybridized carbons (Fsp3) is 0.429. The van der Waals surface area contributed by atoms with Crippen molar-refractivity contribution >= 4 is 22.8 Å². The first-order chi connectivity index (χ1) is 13.5. The molecule has 1 N–H and O–H groups in total. The zero-order valence-electron chi connectivity index (χ0n) is 16.1. The van der Waals surface area contributed by atoms with Gasteiger partial charge in [0.05, 0.1) is 29.5 Å². The Kier molecular flexibility index (Phi) is 5.90. The van der Waals surface area contributed by atoms with Crippen LogP contribution in [0.5, 0.6) is 0 Å². The Morgan fingerprint density at radius 3 is 2.68 bits per heavy atom. The minimum atomic E-state index is -0.842. The van der Waals surface area contributed by atoms with E-state index in [0.29, 0.717) is 24.1 Å². The van der Waals surface area contributed by atoms with Gasteiger partial charge in [0.1, 0.15) is 5.54 Å². The van der Waals surface area contributed by atoms with Crippen molar-refractivity contribution in [1.82, 2.24) is 10.3 Å². The second-order valence-corrected chi connectivity index (χ2v) is 7.03. The number of ether oxygens (including phenoxy) is 2. The van der Waals surface area contributed by atoms with E-state index in [0.717, 1.165) is 29.3 Å². The van der Waals surface area contributed by atoms with Crippen LogP contribution in [0, 0.1) is 18.3 Å². The zero-order valence-corrected chi connectivity index (χ0v) is 16.1. The summed E-state index contributed by atoms with van der Waals surface area (Å²) in [7, 11) is 1.53. The molecule has 0 atom stereocenters. The Morgan fingerprint density at radius 2 is 2.00 bits per heavy atom. The number of nitrogens with zero attached hydrogens (tertiary/aromatic N) is 2. The molecule has 0 spiro atoms. The number of amides is 1. The maximum atomic E-state index is 12.7. The predicted molar refractivity (Wildman–Crippen MR) is 102 cm³/mol. The number of rotatable bonds is 6. The number of carbonyl (C=O) groups excluding carboxylic acids is 2. The molecule has 2 aromatic rings. The van der Waals surface area contributed by atoms with Crippen molar-refractivity contribution in [3.63, 3.8) is 0 Å². The van der Waals surface area contributed by atoms with Crippen LogP contribution in [0.2, 0.25) is 0 Å². The van der Waals surface area contributed by atoms with Gasteiger partial charge in [-0.3, -0.25) is 4.79 Å². The van der Waals surface area contributed by atoms with E-state index in [9.17, 15) is 14.9 Å². The second kappa shape index (κ2) is 8.36. The Hall–Kier alpha value is -2.98. The first kappa shape index (κ1) is 19.8. The van der Waals surface area contributed by atoms with Crippen LogP contribution in [0.4, 0.5) is 0 Å². The van der Waals surface area contributed by atoms with E-state index in [1.165, 1.54) is 7.11 Å². The molecule has 1 aromatic carbocycles. The third kappa shape index (κ3) is 3.97. The Labute approximate surface area is 163 Å². The summed E-state index contributed by atoms with van der Waals surface area (Å²) in [6.45, 7) is 1.53. The number of fused-ring (bicyclic) bond motifs is 1. The molecular formula is C21H23N3O4. The summed E-state index contributed by atoms with van der Waals surface area (Å²) in [5.74, 6) is -1.10. The predicted octanol–water partition coefficient (Wildman–Crippen LogP) is 2.80. The van der Waals surface area contributed by atoms with Gasteiger partial charge in [0, 0.05) is 12.5 Å². The smallest absolute Gasteiger partial charge is 0.340 e. The van der Waals surface area contributed by atoms with Crippen molar-refractivity contribution < 1.29 is 19.1 Å². The molecule has 3 rings (SSSR count). The average Bonchev–Trinajstić information content (AvgIpc) is 3.15. The van der Waals surface area contributed by atoms with E-state index in [1.807, 2.05) is 31.2 Å². The Bertz CT molecular complexity index is 943. The van der Waals surface area contributed by atoms with Crippen molar-refractivity contribution in [2.24, 2.45) is 0 Å². The van der Waals surface area contributed by atoms with E-state index >= 15 is 0 Å². The summed E-state index contributed by atoms with van der Waals surface area (Å²) in [4.78, 5) is 29.5. The molecule has 0 saturated heterocycles. The number of pyridine rings is 1. The van der Waals surface area contributed by atoms with Gasteiger partial charge in [-0.25, -0.2) is 9.78 Å². The summed E-state index contributed by atoms with van der Waals surface area (Å²) in [6.07, 6.45) is 3.04. The molecule has 7 heteroatoms. The molecule has 1 fully saturated rings.